The summed E-state index contributed by atoms with van der Waals surface area (Å²) < 4.78 is 5.54. The van der Waals surface area contributed by atoms with Crippen molar-refractivity contribution < 1.29 is 4.42 Å². The van der Waals surface area contributed by atoms with E-state index in [4.69, 9.17) is 4.42 Å². The summed E-state index contributed by atoms with van der Waals surface area (Å²) in [6, 6.07) is 4.77. The molecule has 2 heterocycles. The molecule has 0 aliphatic carbocycles. The number of anilines is 1. The van der Waals surface area contributed by atoms with E-state index < -0.39 is 0 Å². The molecule has 0 radical (unpaired) electrons. The van der Waals surface area contributed by atoms with Gasteiger partial charge in [0.1, 0.15) is 0 Å². The maximum atomic E-state index is 5.54. The van der Waals surface area contributed by atoms with Gasteiger partial charge in [0, 0.05) is 9.75 Å². The molecule has 5 nitrogen and oxygen atoms in total. The lowest BCUT2D eigenvalue weighted by Gasteiger charge is -2.05. The van der Waals surface area contributed by atoms with E-state index in [0.29, 0.717) is 11.9 Å². The summed E-state index contributed by atoms with van der Waals surface area (Å²) in [4.78, 5) is 2.56. The van der Waals surface area contributed by atoms with E-state index in [1.807, 2.05) is 13.8 Å². The van der Waals surface area contributed by atoms with Crippen LogP contribution in [-0.4, -0.2) is 16.7 Å². The highest BCUT2D eigenvalue weighted by Gasteiger charge is 2.12. The molecule has 1 unspecified atom stereocenters. The molecule has 2 N–H and O–H groups in total. The molecule has 1 atom stereocenters. The average molecular weight is 266 g/mol. The lowest BCUT2D eigenvalue weighted by Crippen LogP contribution is -2.17. The fraction of sp³-hybridized carbons (Fsp3) is 0.500. The molecule has 0 aliphatic heterocycles. The summed E-state index contributed by atoms with van der Waals surface area (Å²) in [7, 11) is 0. The first-order valence-corrected chi connectivity index (χ1v) is 6.86. The third-order valence-electron chi connectivity index (χ3n) is 2.53. The third-order valence-corrected chi connectivity index (χ3v) is 3.53. The number of nitrogens with zero attached hydrogens (tertiary/aromatic N) is 2. The molecule has 0 bridgehead atoms. The number of hydrogen-bond acceptors (Lipinski definition) is 6. The number of nitrogens with one attached hydrogen (secondary N) is 2. The topological polar surface area (TPSA) is 63.0 Å². The SMILES string of the molecule is CCNC(C)c1nnc(NCc2ccc(C)s2)o1. The number of aromatic nitrogens is 2. The Balaban J connectivity index is 1.90. The van der Waals surface area contributed by atoms with Crippen LogP contribution >= 0.6 is 11.3 Å². The van der Waals surface area contributed by atoms with Crippen LogP contribution in [0.3, 0.4) is 0 Å². The number of thiophene rings is 1. The van der Waals surface area contributed by atoms with Crippen molar-refractivity contribution in [2.45, 2.75) is 33.4 Å². The summed E-state index contributed by atoms with van der Waals surface area (Å²) in [5.74, 6) is 0.613. The number of hydrogen-bond donors (Lipinski definition) is 2. The van der Waals surface area contributed by atoms with Crippen molar-refractivity contribution in [3.8, 4) is 0 Å². The van der Waals surface area contributed by atoms with Gasteiger partial charge in [-0.3, -0.25) is 0 Å². The standard InChI is InChI=1S/C12H18N4OS/c1-4-13-9(3)11-15-16-12(17-11)14-7-10-6-5-8(2)18-10/h5-6,9,13H,4,7H2,1-3H3,(H,14,16). The predicted molar refractivity (Wildman–Crippen MR) is 72.8 cm³/mol. The van der Waals surface area contributed by atoms with Crippen molar-refractivity contribution in [3.63, 3.8) is 0 Å². The van der Waals surface area contributed by atoms with Gasteiger partial charge in [-0.2, -0.15) is 0 Å². The minimum Gasteiger partial charge on any atom is -0.406 e. The monoisotopic (exact) mass is 266 g/mol. The summed E-state index contributed by atoms with van der Waals surface area (Å²) in [6.07, 6.45) is 0. The smallest absolute Gasteiger partial charge is 0.315 e. The molecule has 0 saturated heterocycles. The molecule has 2 aromatic heterocycles. The van der Waals surface area contributed by atoms with E-state index in [1.165, 1.54) is 9.75 Å². The van der Waals surface area contributed by atoms with Gasteiger partial charge in [0.15, 0.2) is 0 Å². The highest BCUT2D eigenvalue weighted by atomic mass is 32.1. The summed E-state index contributed by atoms with van der Waals surface area (Å²) in [6.45, 7) is 7.74. The van der Waals surface area contributed by atoms with E-state index >= 15 is 0 Å². The fourth-order valence-electron chi connectivity index (χ4n) is 1.62. The van der Waals surface area contributed by atoms with Gasteiger partial charge >= 0.3 is 6.01 Å². The molecule has 2 rings (SSSR count). The molecule has 2 aromatic rings. The van der Waals surface area contributed by atoms with Crippen LogP contribution < -0.4 is 10.6 Å². The van der Waals surface area contributed by atoms with Gasteiger partial charge in [0.2, 0.25) is 5.89 Å². The second-order valence-electron chi connectivity index (χ2n) is 4.09. The number of rotatable bonds is 6. The first kappa shape index (κ1) is 13.0. The second-order valence-corrected chi connectivity index (χ2v) is 5.46. The van der Waals surface area contributed by atoms with E-state index in [9.17, 15) is 0 Å². The fourth-order valence-corrected chi connectivity index (χ4v) is 2.45. The molecule has 18 heavy (non-hydrogen) atoms. The van der Waals surface area contributed by atoms with Gasteiger partial charge in [-0.1, -0.05) is 12.0 Å². The minimum absolute atomic E-state index is 0.0852. The van der Waals surface area contributed by atoms with Crippen molar-refractivity contribution in [2.24, 2.45) is 0 Å². The summed E-state index contributed by atoms with van der Waals surface area (Å²) >= 11 is 1.76. The maximum absolute atomic E-state index is 5.54. The average Bonchev–Trinajstić information content (AvgIpc) is 2.95. The van der Waals surface area contributed by atoms with E-state index in [1.54, 1.807) is 11.3 Å². The van der Waals surface area contributed by atoms with Crippen LogP contribution in [0.1, 0.15) is 35.5 Å². The highest BCUT2D eigenvalue weighted by molar-refractivity contribution is 7.11. The Morgan fingerprint density at radius 2 is 2.22 bits per heavy atom. The van der Waals surface area contributed by atoms with Crippen LogP contribution in [0.4, 0.5) is 6.01 Å². The zero-order valence-corrected chi connectivity index (χ0v) is 11.7. The Morgan fingerprint density at radius 3 is 2.89 bits per heavy atom. The lowest BCUT2D eigenvalue weighted by molar-refractivity contribution is 0.429. The molecule has 0 aliphatic rings. The van der Waals surface area contributed by atoms with E-state index in [-0.39, 0.29) is 6.04 Å². The molecule has 0 fully saturated rings. The van der Waals surface area contributed by atoms with Gasteiger partial charge in [-0.25, -0.2) is 0 Å². The van der Waals surface area contributed by atoms with Crippen LogP contribution in [-0.2, 0) is 6.54 Å². The maximum Gasteiger partial charge on any atom is 0.315 e. The van der Waals surface area contributed by atoms with Gasteiger partial charge in [0.25, 0.3) is 0 Å². The molecule has 0 amide bonds. The zero-order chi connectivity index (χ0) is 13.0. The largest absolute Gasteiger partial charge is 0.406 e. The number of aryl methyl sites for hydroxylation is 1. The van der Waals surface area contributed by atoms with Crippen LogP contribution in [0.25, 0.3) is 0 Å². The van der Waals surface area contributed by atoms with E-state index in [0.717, 1.165) is 13.1 Å². The minimum atomic E-state index is 0.0852. The van der Waals surface area contributed by atoms with Crippen molar-refractivity contribution in [1.82, 2.24) is 15.5 Å². The van der Waals surface area contributed by atoms with Crippen LogP contribution in [0.5, 0.6) is 0 Å². The first-order valence-electron chi connectivity index (χ1n) is 6.05. The van der Waals surface area contributed by atoms with Crippen molar-refractivity contribution >= 4 is 17.4 Å². The molecule has 98 valence electrons. The van der Waals surface area contributed by atoms with Crippen LogP contribution in [0.15, 0.2) is 16.5 Å². The van der Waals surface area contributed by atoms with Crippen LogP contribution in [0.2, 0.25) is 0 Å². The normalized spacial score (nSPS) is 12.6. The van der Waals surface area contributed by atoms with Gasteiger partial charge in [0.05, 0.1) is 12.6 Å². The quantitative estimate of drug-likeness (QED) is 0.841. The Labute approximate surface area is 111 Å². The van der Waals surface area contributed by atoms with Crippen LogP contribution in [0, 0.1) is 6.92 Å². The molecule has 6 heteroatoms. The highest BCUT2D eigenvalue weighted by Crippen LogP contribution is 2.18. The Morgan fingerprint density at radius 1 is 1.39 bits per heavy atom. The first-order chi connectivity index (χ1) is 8.69. The van der Waals surface area contributed by atoms with Gasteiger partial charge in [-0.05, 0) is 32.5 Å². The zero-order valence-electron chi connectivity index (χ0n) is 10.9. The van der Waals surface area contributed by atoms with Crippen molar-refractivity contribution in [2.75, 3.05) is 11.9 Å². The summed E-state index contributed by atoms with van der Waals surface area (Å²) in [5, 5.41) is 14.4. The molecular formula is C12H18N4OS. The second kappa shape index (κ2) is 5.97. The van der Waals surface area contributed by atoms with E-state index in [2.05, 4.69) is 39.9 Å². The predicted octanol–water partition coefficient (Wildman–Crippen LogP) is 2.72. The van der Waals surface area contributed by atoms with Gasteiger partial charge in [-0.15, -0.1) is 16.4 Å². The Bertz CT molecular complexity index is 494. The molecule has 0 saturated carbocycles. The third kappa shape index (κ3) is 3.30. The Kier molecular flexibility index (Phi) is 4.33. The Hall–Kier alpha value is -1.40. The molecule has 0 spiro atoms. The van der Waals surface area contributed by atoms with Crippen molar-refractivity contribution in [3.05, 3.63) is 27.8 Å². The van der Waals surface area contributed by atoms with Crippen molar-refractivity contribution in [1.29, 1.82) is 0 Å². The lowest BCUT2D eigenvalue weighted by atomic mass is 10.3. The van der Waals surface area contributed by atoms with Gasteiger partial charge < -0.3 is 15.1 Å². The summed E-state index contributed by atoms with van der Waals surface area (Å²) in [5.41, 5.74) is 0. The molecule has 0 aromatic carbocycles. The molecular weight excluding hydrogens is 248 g/mol.